The minimum absolute atomic E-state index is 0.0500. The van der Waals surface area contributed by atoms with Gasteiger partial charge in [0.1, 0.15) is 0 Å². The lowest BCUT2D eigenvalue weighted by Crippen LogP contribution is -2.47. The van der Waals surface area contributed by atoms with E-state index in [1.54, 1.807) is 24.0 Å². The van der Waals surface area contributed by atoms with Crippen LogP contribution < -0.4 is 9.21 Å². The number of anilines is 2. The van der Waals surface area contributed by atoms with Crippen molar-refractivity contribution in [3.05, 3.63) is 90.0 Å². The highest BCUT2D eigenvalue weighted by Gasteiger charge is 2.40. The maximum absolute atomic E-state index is 13.9. The van der Waals surface area contributed by atoms with Gasteiger partial charge in [-0.2, -0.15) is 0 Å². The summed E-state index contributed by atoms with van der Waals surface area (Å²) in [5, 5.41) is 0. The largest absolute Gasteiger partial charge is 0.309 e. The van der Waals surface area contributed by atoms with Crippen LogP contribution in [0.2, 0.25) is 0 Å². The van der Waals surface area contributed by atoms with Crippen LogP contribution in [-0.4, -0.2) is 20.4 Å². The van der Waals surface area contributed by atoms with Crippen LogP contribution in [0.25, 0.3) is 0 Å². The van der Waals surface area contributed by atoms with Gasteiger partial charge in [-0.1, -0.05) is 54.1 Å². The molecule has 0 fully saturated rings. The first-order valence-electron chi connectivity index (χ1n) is 10.4. The fourth-order valence-electron chi connectivity index (χ4n) is 4.37. The molecule has 1 heterocycles. The first-order chi connectivity index (χ1) is 14.8. The number of para-hydroxylation sites is 2. The molecule has 0 bridgehead atoms. The molecular weight excluding hydrogens is 408 g/mol. The predicted molar refractivity (Wildman–Crippen MR) is 124 cm³/mol. The van der Waals surface area contributed by atoms with E-state index in [0.29, 0.717) is 12.1 Å². The first kappa shape index (κ1) is 21.1. The molecule has 4 rings (SSSR count). The maximum atomic E-state index is 13.9. The summed E-state index contributed by atoms with van der Waals surface area (Å²) in [6.45, 7) is 5.44. The second-order valence-corrected chi connectivity index (χ2v) is 9.81. The zero-order chi connectivity index (χ0) is 22.2. The molecule has 160 valence electrons. The Balaban J connectivity index is 1.92. The number of sulfonamides is 1. The molecule has 0 unspecified atom stereocenters. The van der Waals surface area contributed by atoms with Crippen LogP contribution in [0.5, 0.6) is 0 Å². The number of amides is 1. The van der Waals surface area contributed by atoms with Gasteiger partial charge in [0.2, 0.25) is 5.91 Å². The van der Waals surface area contributed by atoms with Crippen LogP contribution in [-0.2, 0) is 14.8 Å². The van der Waals surface area contributed by atoms with Crippen molar-refractivity contribution in [1.82, 2.24) is 0 Å². The van der Waals surface area contributed by atoms with Crippen molar-refractivity contribution < 1.29 is 13.2 Å². The van der Waals surface area contributed by atoms with Crippen LogP contribution in [0.15, 0.2) is 83.8 Å². The Morgan fingerprint density at radius 3 is 2.19 bits per heavy atom. The van der Waals surface area contributed by atoms with Gasteiger partial charge in [-0.3, -0.25) is 9.10 Å². The molecule has 2 atom stereocenters. The van der Waals surface area contributed by atoms with E-state index in [2.05, 4.69) is 0 Å². The van der Waals surface area contributed by atoms with E-state index in [4.69, 9.17) is 0 Å². The number of fused-ring (bicyclic) bond motifs is 1. The van der Waals surface area contributed by atoms with Crippen molar-refractivity contribution in [2.75, 3.05) is 9.21 Å². The van der Waals surface area contributed by atoms with E-state index in [0.717, 1.165) is 16.8 Å². The van der Waals surface area contributed by atoms with E-state index >= 15 is 0 Å². The van der Waals surface area contributed by atoms with Crippen LogP contribution in [0.1, 0.15) is 37.4 Å². The van der Waals surface area contributed by atoms with Crippen LogP contribution in [0.3, 0.4) is 0 Å². The quantitative estimate of drug-likeness (QED) is 0.576. The monoisotopic (exact) mass is 434 g/mol. The van der Waals surface area contributed by atoms with Crippen LogP contribution in [0.4, 0.5) is 11.4 Å². The molecule has 3 aromatic carbocycles. The second-order valence-electron chi connectivity index (χ2n) is 8.00. The fraction of sp³-hybridized carbons (Fsp3) is 0.240. The molecule has 0 saturated carbocycles. The highest BCUT2D eigenvalue weighted by Crippen LogP contribution is 2.44. The summed E-state index contributed by atoms with van der Waals surface area (Å²) in [6.07, 6.45) is 0.497. The number of carbonyl (C=O) groups is 1. The molecule has 0 saturated heterocycles. The van der Waals surface area contributed by atoms with E-state index in [1.165, 1.54) is 4.31 Å². The SMILES string of the molecule is CC(=O)N1c2ccccc2[C@H](N(c2ccccc2)S(=O)(=O)c2ccc(C)cc2)C[C@@H]1C. The van der Waals surface area contributed by atoms with E-state index in [-0.39, 0.29) is 16.8 Å². The summed E-state index contributed by atoms with van der Waals surface area (Å²) in [4.78, 5) is 14.4. The molecule has 0 aliphatic carbocycles. The number of hydrogen-bond acceptors (Lipinski definition) is 3. The average Bonchev–Trinajstić information content (AvgIpc) is 2.74. The van der Waals surface area contributed by atoms with Gasteiger partial charge in [-0.25, -0.2) is 8.42 Å². The summed E-state index contributed by atoms with van der Waals surface area (Å²) in [6, 6.07) is 23.1. The fourth-order valence-corrected chi connectivity index (χ4v) is 6.01. The molecule has 3 aromatic rings. The number of aryl methyl sites for hydroxylation is 1. The lowest BCUT2D eigenvalue weighted by Gasteiger charge is -2.43. The van der Waals surface area contributed by atoms with Gasteiger partial charge in [-0.05, 0) is 56.2 Å². The highest BCUT2D eigenvalue weighted by molar-refractivity contribution is 7.92. The summed E-state index contributed by atoms with van der Waals surface area (Å²) >= 11 is 0. The molecule has 1 aliphatic rings. The van der Waals surface area contributed by atoms with Crippen LogP contribution >= 0.6 is 0 Å². The molecule has 0 aromatic heterocycles. The van der Waals surface area contributed by atoms with Crippen molar-refractivity contribution in [2.45, 2.75) is 44.2 Å². The Morgan fingerprint density at radius 2 is 1.55 bits per heavy atom. The number of hydrogen-bond donors (Lipinski definition) is 0. The summed E-state index contributed by atoms with van der Waals surface area (Å²) in [5.41, 5.74) is 3.19. The molecule has 0 spiro atoms. The molecule has 6 heteroatoms. The average molecular weight is 435 g/mol. The number of carbonyl (C=O) groups excluding carboxylic acids is 1. The minimum atomic E-state index is -3.84. The zero-order valence-corrected chi connectivity index (χ0v) is 18.7. The maximum Gasteiger partial charge on any atom is 0.264 e. The van der Waals surface area contributed by atoms with E-state index in [9.17, 15) is 13.2 Å². The molecule has 1 aliphatic heterocycles. The third kappa shape index (κ3) is 3.83. The Morgan fingerprint density at radius 1 is 0.935 bits per heavy atom. The van der Waals surface area contributed by atoms with Crippen molar-refractivity contribution >= 4 is 27.3 Å². The predicted octanol–water partition coefficient (Wildman–Crippen LogP) is 5.08. The number of rotatable bonds is 4. The molecular formula is C25H26N2O3S. The van der Waals surface area contributed by atoms with Gasteiger partial charge in [-0.15, -0.1) is 0 Å². The van der Waals surface area contributed by atoms with Crippen molar-refractivity contribution in [2.24, 2.45) is 0 Å². The lowest BCUT2D eigenvalue weighted by molar-refractivity contribution is -0.117. The Labute approximate surface area is 184 Å². The van der Waals surface area contributed by atoms with Gasteiger partial charge in [0.25, 0.3) is 10.0 Å². The molecule has 5 nitrogen and oxygen atoms in total. The van der Waals surface area contributed by atoms with Crippen molar-refractivity contribution in [3.8, 4) is 0 Å². The highest BCUT2D eigenvalue weighted by atomic mass is 32.2. The molecule has 31 heavy (non-hydrogen) atoms. The van der Waals surface area contributed by atoms with Crippen molar-refractivity contribution in [1.29, 1.82) is 0 Å². The summed E-state index contributed by atoms with van der Waals surface area (Å²) in [5.74, 6) is -0.0500. The van der Waals surface area contributed by atoms with Gasteiger partial charge >= 0.3 is 0 Å². The van der Waals surface area contributed by atoms with Crippen molar-refractivity contribution in [3.63, 3.8) is 0 Å². The number of benzene rings is 3. The Hall–Kier alpha value is -3.12. The first-order valence-corrected chi connectivity index (χ1v) is 11.8. The van der Waals surface area contributed by atoms with E-state index < -0.39 is 16.1 Å². The smallest absolute Gasteiger partial charge is 0.264 e. The molecule has 1 amide bonds. The zero-order valence-electron chi connectivity index (χ0n) is 17.9. The Kier molecular flexibility index (Phi) is 5.58. The topological polar surface area (TPSA) is 57.7 Å². The summed E-state index contributed by atoms with van der Waals surface area (Å²) in [7, 11) is -3.84. The third-order valence-corrected chi connectivity index (χ3v) is 7.62. The minimum Gasteiger partial charge on any atom is -0.309 e. The normalized spacial score (nSPS) is 18.4. The van der Waals surface area contributed by atoms with Gasteiger partial charge in [0.05, 0.1) is 16.6 Å². The third-order valence-electron chi connectivity index (χ3n) is 5.77. The van der Waals surface area contributed by atoms with Gasteiger partial charge in [0.15, 0.2) is 0 Å². The Bertz CT molecular complexity index is 1190. The van der Waals surface area contributed by atoms with Gasteiger partial charge in [0, 0.05) is 18.7 Å². The lowest BCUT2D eigenvalue weighted by atomic mass is 9.91. The van der Waals surface area contributed by atoms with Gasteiger partial charge < -0.3 is 4.90 Å². The van der Waals surface area contributed by atoms with Crippen LogP contribution in [0, 0.1) is 6.92 Å². The standard InChI is InChI=1S/C25H26N2O3S/c1-18-13-15-22(16-14-18)31(29,30)27(21-9-5-4-6-10-21)25-17-19(2)26(20(3)28)24-12-8-7-11-23(24)25/h4-16,19,25H,17H2,1-3H3/t19-,25+/m0/s1. The molecule has 0 N–H and O–H groups in total. The molecule has 0 radical (unpaired) electrons. The summed E-state index contributed by atoms with van der Waals surface area (Å²) < 4.78 is 29.4. The second kappa shape index (κ2) is 8.19. The van der Waals surface area contributed by atoms with E-state index in [1.807, 2.05) is 80.6 Å². The number of nitrogens with zero attached hydrogens (tertiary/aromatic N) is 2.